The molecule has 0 unspecified atom stereocenters. The van der Waals surface area contributed by atoms with Crippen molar-refractivity contribution in [1.82, 2.24) is 14.8 Å². The van der Waals surface area contributed by atoms with E-state index in [1.165, 1.54) is 31.4 Å². The lowest BCUT2D eigenvalue weighted by Gasteiger charge is -2.06. The van der Waals surface area contributed by atoms with E-state index in [1.54, 1.807) is 0 Å². The van der Waals surface area contributed by atoms with Crippen LogP contribution in [0.25, 0.3) is 0 Å². The molecule has 1 heterocycles. The van der Waals surface area contributed by atoms with Crippen molar-refractivity contribution in [3.8, 4) is 0 Å². The van der Waals surface area contributed by atoms with Crippen LogP contribution in [0.3, 0.4) is 0 Å². The first-order valence-electron chi connectivity index (χ1n) is 6.36. The van der Waals surface area contributed by atoms with Crippen LogP contribution in [0.2, 0.25) is 5.28 Å². The molecule has 0 fully saturated rings. The molecule has 0 aliphatic heterocycles. The van der Waals surface area contributed by atoms with Gasteiger partial charge in [-0.3, -0.25) is 0 Å². The number of thioether (sulfide) groups is 1. The lowest BCUT2D eigenvalue weighted by Crippen LogP contribution is -2.04. The minimum Gasteiger partial charge on any atom is -0.302 e. The van der Waals surface area contributed by atoms with Gasteiger partial charge in [0.05, 0.1) is 0 Å². The molecule has 0 atom stereocenters. The van der Waals surface area contributed by atoms with Gasteiger partial charge in [0.15, 0.2) is 0 Å². The fourth-order valence-corrected chi connectivity index (χ4v) is 2.53. The summed E-state index contributed by atoms with van der Waals surface area (Å²) in [6, 6.07) is 0. The van der Waals surface area contributed by atoms with Crippen LogP contribution < -0.4 is 0 Å². The third kappa shape index (κ3) is 5.30. The predicted molar refractivity (Wildman–Crippen MR) is 75.9 cm³/mol. The van der Waals surface area contributed by atoms with E-state index in [0.717, 1.165) is 25.2 Å². The Balaban J connectivity index is 2.27. The van der Waals surface area contributed by atoms with Gasteiger partial charge in [-0.25, -0.2) is 0 Å². The van der Waals surface area contributed by atoms with E-state index in [1.807, 2.05) is 11.8 Å². The quantitative estimate of drug-likeness (QED) is 0.642. The fraction of sp³-hybridized carbons (Fsp3) is 0.833. The van der Waals surface area contributed by atoms with E-state index < -0.39 is 0 Å². The Morgan fingerprint density at radius 1 is 1.18 bits per heavy atom. The van der Waals surface area contributed by atoms with Crippen LogP contribution in [0, 0.1) is 0 Å². The molecule has 0 N–H and O–H groups in total. The second kappa shape index (κ2) is 8.81. The van der Waals surface area contributed by atoms with Gasteiger partial charge >= 0.3 is 0 Å². The van der Waals surface area contributed by atoms with E-state index >= 15 is 0 Å². The Bertz CT molecular complexity index is 315. The van der Waals surface area contributed by atoms with Gasteiger partial charge in [0.2, 0.25) is 5.28 Å². The van der Waals surface area contributed by atoms with Gasteiger partial charge in [-0.1, -0.05) is 19.8 Å². The number of unbranched alkanes of at least 4 members (excludes halogenated alkanes) is 3. The van der Waals surface area contributed by atoms with Crippen molar-refractivity contribution in [3.63, 3.8) is 0 Å². The molecule has 0 aliphatic carbocycles. The lowest BCUT2D eigenvalue weighted by atomic mass is 10.2. The number of nitrogens with zero attached hydrogens (tertiary/aromatic N) is 3. The average Bonchev–Trinajstić information content (AvgIpc) is 2.66. The molecule has 1 aromatic rings. The van der Waals surface area contributed by atoms with Gasteiger partial charge in [0.25, 0.3) is 0 Å². The maximum atomic E-state index is 6.03. The minimum atomic E-state index is 0.539. The molecule has 0 radical (unpaired) electrons. The smallest absolute Gasteiger partial charge is 0.225 e. The van der Waals surface area contributed by atoms with E-state index in [-0.39, 0.29) is 0 Å². The first kappa shape index (κ1) is 14.8. The number of halogens is 1. The van der Waals surface area contributed by atoms with Crippen molar-refractivity contribution in [1.29, 1.82) is 0 Å². The predicted octanol–water partition coefficient (Wildman–Crippen LogP) is 3.81. The molecule has 3 nitrogen and oxygen atoms in total. The molecule has 0 aliphatic rings. The molecule has 0 amide bonds. The molecular weight excluding hydrogens is 254 g/mol. The highest BCUT2D eigenvalue weighted by molar-refractivity contribution is 7.98. The molecule has 0 saturated heterocycles. The van der Waals surface area contributed by atoms with Crippen LogP contribution in [0.15, 0.2) is 0 Å². The molecule has 5 heteroatoms. The summed E-state index contributed by atoms with van der Waals surface area (Å²) >= 11 is 7.95. The fourth-order valence-electron chi connectivity index (χ4n) is 1.81. The van der Waals surface area contributed by atoms with Crippen molar-refractivity contribution in [3.05, 3.63) is 11.1 Å². The molecule has 0 spiro atoms. The lowest BCUT2D eigenvalue weighted by molar-refractivity contribution is 0.563. The van der Waals surface area contributed by atoms with E-state index in [2.05, 4.69) is 27.9 Å². The number of hydrogen-bond acceptors (Lipinski definition) is 3. The first-order chi connectivity index (χ1) is 8.29. The molecule has 0 bridgehead atoms. The SMILES string of the molecule is CCCc1nnc(Cl)n1CCCCCCSC. The van der Waals surface area contributed by atoms with Crippen LogP contribution in [0.5, 0.6) is 0 Å². The van der Waals surface area contributed by atoms with Crippen molar-refractivity contribution in [2.24, 2.45) is 0 Å². The summed E-state index contributed by atoms with van der Waals surface area (Å²) in [5, 5.41) is 8.59. The first-order valence-corrected chi connectivity index (χ1v) is 8.13. The Morgan fingerprint density at radius 3 is 2.65 bits per heavy atom. The summed E-state index contributed by atoms with van der Waals surface area (Å²) in [5.41, 5.74) is 0. The van der Waals surface area contributed by atoms with E-state index in [0.29, 0.717) is 5.28 Å². The highest BCUT2D eigenvalue weighted by Crippen LogP contribution is 2.13. The van der Waals surface area contributed by atoms with Crippen LogP contribution in [0.1, 0.15) is 44.9 Å². The topological polar surface area (TPSA) is 30.7 Å². The third-order valence-electron chi connectivity index (χ3n) is 2.74. The number of aryl methyl sites for hydroxylation is 1. The van der Waals surface area contributed by atoms with Crippen molar-refractivity contribution in [2.45, 2.75) is 52.0 Å². The second-order valence-corrected chi connectivity index (χ2v) is 5.52. The van der Waals surface area contributed by atoms with Crippen molar-refractivity contribution in [2.75, 3.05) is 12.0 Å². The third-order valence-corrected chi connectivity index (χ3v) is 3.71. The Labute approximate surface area is 113 Å². The van der Waals surface area contributed by atoms with Gasteiger partial charge in [0, 0.05) is 13.0 Å². The molecule has 1 aromatic heterocycles. The van der Waals surface area contributed by atoms with Gasteiger partial charge in [-0.15, -0.1) is 10.2 Å². The Hall–Kier alpha value is -0.220. The van der Waals surface area contributed by atoms with Crippen molar-refractivity contribution < 1.29 is 0 Å². The Kier molecular flexibility index (Phi) is 7.69. The van der Waals surface area contributed by atoms with Crippen LogP contribution in [-0.2, 0) is 13.0 Å². The minimum absolute atomic E-state index is 0.539. The number of aromatic nitrogens is 3. The molecule has 17 heavy (non-hydrogen) atoms. The zero-order chi connectivity index (χ0) is 12.5. The molecular formula is C12H22ClN3S. The highest BCUT2D eigenvalue weighted by atomic mass is 35.5. The highest BCUT2D eigenvalue weighted by Gasteiger charge is 2.08. The summed E-state index contributed by atoms with van der Waals surface area (Å²) in [4.78, 5) is 0. The number of rotatable bonds is 9. The van der Waals surface area contributed by atoms with Gasteiger partial charge in [0.1, 0.15) is 5.82 Å². The number of hydrogen-bond donors (Lipinski definition) is 0. The maximum absolute atomic E-state index is 6.03. The molecule has 0 aromatic carbocycles. The molecule has 1 rings (SSSR count). The monoisotopic (exact) mass is 275 g/mol. The normalized spacial score (nSPS) is 11.0. The average molecular weight is 276 g/mol. The van der Waals surface area contributed by atoms with E-state index in [9.17, 15) is 0 Å². The summed E-state index contributed by atoms with van der Waals surface area (Å²) in [6.07, 6.45) is 9.27. The largest absolute Gasteiger partial charge is 0.302 e. The zero-order valence-electron chi connectivity index (χ0n) is 10.8. The molecule has 0 saturated carbocycles. The van der Waals surface area contributed by atoms with Gasteiger partial charge in [-0.2, -0.15) is 11.8 Å². The molecule has 98 valence electrons. The van der Waals surface area contributed by atoms with Crippen molar-refractivity contribution >= 4 is 23.4 Å². The van der Waals surface area contributed by atoms with Crippen LogP contribution >= 0.6 is 23.4 Å². The zero-order valence-corrected chi connectivity index (χ0v) is 12.4. The summed E-state index contributed by atoms with van der Waals surface area (Å²) in [7, 11) is 0. The van der Waals surface area contributed by atoms with Crippen LogP contribution in [0.4, 0.5) is 0 Å². The summed E-state index contributed by atoms with van der Waals surface area (Å²) < 4.78 is 2.06. The van der Waals surface area contributed by atoms with Crippen LogP contribution in [-0.4, -0.2) is 26.8 Å². The second-order valence-electron chi connectivity index (χ2n) is 4.19. The Morgan fingerprint density at radius 2 is 1.94 bits per heavy atom. The standard InChI is InChI=1S/C12H22ClN3S/c1-3-8-11-14-15-12(13)16(11)9-6-4-5-7-10-17-2/h3-10H2,1-2H3. The van der Waals surface area contributed by atoms with Gasteiger partial charge < -0.3 is 4.57 Å². The summed E-state index contributed by atoms with van der Waals surface area (Å²) in [5.74, 6) is 2.30. The maximum Gasteiger partial charge on any atom is 0.225 e. The van der Waals surface area contributed by atoms with Gasteiger partial charge in [-0.05, 0) is 42.9 Å². The van der Waals surface area contributed by atoms with E-state index in [4.69, 9.17) is 11.6 Å². The summed E-state index contributed by atoms with van der Waals surface area (Å²) in [6.45, 7) is 3.11.